The quantitative estimate of drug-likeness (QED) is 0.602. The number of hydrogen-bond acceptors (Lipinski definition) is 6. The number of nitrogens with zero attached hydrogens (tertiary/aromatic N) is 1. The lowest BCUT2D eigenvalue weighted by Crippen LogP contribution is -2.37. The first-order valence-electron chi connectivity index (χ1n) is 9.70. The van der Waals surface area contributed by atoms with E-state index in [-0.39, 0.29) is 18.0 Å². The molecule has 1 N–H and O–H groups in total. The predicted octanol–water partition coefficient (Wildman–Crippen LogP) is 3.83. The van der Waals surface area contributed by atoms with Crippen LogP contribution in [0.3, 0.4) is 0 Å². The zero-order valence-corrected chi connectivity index (χ0v) is 19.1. The molecule has 1 aliphatic rings. The van der Waals surface area contributed by atoms with Crippen molar-refractivity contribution >= 4 is 39.0 Å². The number of benzene rings is 2. The highest BCUT2D eigenvalue weighted by atomic mass is 32.2. The van der Waals surface area contributed by atoms with E-state index in [4.69, 9.17) is 4.74 Å². The maximum atomic E-state index is 12.6. The van der Waals surface area contributed by atoms with Crippen LogP contribution >= 0.6 is 11.8 Å². The molecule has 0 aliphatic carbocycles. The van der Waals surface area contributed by atoms with Gasteiger partial charge in [-0.25, -0.2) is 13.1 Å². The van der Waals surface area contributed by atoms with Crippen LogP contribution in [-0.4, -0.2) is 44.7 Å². The maximum Gasteiger partial charge on any atom is 0.293 e. The molecule has 1 fully saturated rings. The lowest BCUT2D eigenvalue weighted by Gasteiger charge is -2.13. The third kappa shape index (κ3) is 5.55. The highest BCUT2D eigenvalue weighted by Gasteiger charge is 2.34. The van der Waals surface area contributed by atoms with E-state index < -0.39 is 21.2 Å². The molecule has 31 heavy (non-hydrogen) atoms. The average molecular weight is 461 g/mol. The van der Waals surface area contributed by atoms with E-state index in [1.54, 1.807) is 61.7 Å². The second-order valence-electron chi connectivity index (χ2n) is 7.23. The van der Waals surface area contributed by atoms with Crippen LogP contribution < -0.4 is 9.46 Å². The Hall–Kier alpha value is -2.62. The Bertz CT molecular complexity index is 1090. The van der Waals surface area contributed by atoms with Crippen LogP contribution in [0.5, 0.6) is 5.75 Å². The molecule has 1 heterocycles. The van der Waals surface area contributed by atoms with E-state index in [1.807, 2.05) is 13.8 Å². The molecule has 7 nitrogen and oxygen atoms in total. The molecule has 0 bridgehead atoms. The number of amides is 2. The zero-order chi connectivity index (χ0) is 22.6. The third-order valence-corrected chi connectivity index (χ3v) is 7.16. The standard InChI is InChI=1S/C22H24N2O5S2/c1-15(2)17-6-10-19(11-7-17)31(27,28)23-12-13-24-21(25)20(30-22(24)26)14-16-4-8-18(29-3)9-5-16/h4-11,14-15,23H,12-13H2,1-3H3. The van der Waals surface area contributed by atoms with Crippen LogP contribution in [0.25, 0.3) is 6.08 Å². The Labute approximate surface area is 186 Å². The molecule has 9 heteroatoms. The van der Waals surface area contributed by atoms with Gasteiger partial charge in [0.15, 0.2) is 0 Å². The number of carbonyl (C=O) groups excluding carboxylic acids is 2. The summed E-state index contributed by atoms with van der Waals surface area (Å²) in [6.07, 6.45) is 1.63. The molecule has 0 radical (unpaired) electrons. The Morgan fingerprint density at radius 3 is 2.29 bits per heavy atom. The molecule has 2 amide bonds. The second-order valence-corrected chi connectivity index (χ2v) is 9.99. The number of ether oxygens (including phenoxy) is 1. The number of hydrogen-bond donors (Lipinski definition) is 1. The van der Waals surface area contributed by atoms with E-state index in [0.717, 1.165) is 27.8 Å². The number of carbonyl (C=O) groups is 2. The highest BCUT2D eigenvalue weighted by molar-refractivity contribution is 8.18. The Morgan fingerprint density at radius 2 is 1.71 bits per heavy atom. The maximum absolute atomic E-state index is 12.6. The summed E-state index contributed by atoms with van der Waals surface area (Å²) in [6, 6.07) is 13.7. The van der Waals surface area contributed by atoms with Gasteiger partial charge < -0.3 is 4.74 Å². The summed E-state index contributed by atoms with van der Waals surface area (Å²) in [7, 11) is -2.17. The topological polar surface area (TPSA) is 92.8 Å². The van der Waals surface area contributed by atoms with Crippen LogP contribution in [0, 0.1) is 0 Å². The summed E-state index contributed by atoms with van der Waals surface area (Å²) in [5.41, 5.74) is 1.80. The summed E-state index contributed by atoms with van der Waals surface area (Å²) < 4.78 is 32.5. The van der Waals surface area contributed by atoms with Crippen molar-refractivity contribution in [3.63, 3.8) is 0 Å². The largest absolute Gasteiger partial charge is 0.497 e. The van der Waals surface area contributed by atoms with Gasteiger partial charge in [-0.05, 0) is 59.1 Å². The molecule has 0 unspecified atom stereocenters. The predicted molar refractivity (Wildman–Crippen MR) is 121 cm³/mol. The van der Waals surface area contributed by atoms with Crippen LogP contribution in [0.1, 0.15) is 30.9 Å². The zero-order valence-electron chi connectivity index (χ0n) is 17.5. The van der Waals surface area contributed by atoms with Crippen LogP contribution in [0.15, 0.2) is 58.3 Å². The fourth-order valence-electron chi connectivity index (χ4n) is 2.95. The minimum atomic E-state index is -3.73. The second kappa shape index (κ2) is 9.67. The summed E-state index contributed by atoms with van der Waals surface area (Å²) in [6.45, 7) is 3.94. The molecule has 2 aromatic carbocycles. The number of methoxy groups -OCH3 is 1. The van der Waals surface area contributed by atoms with E-state index in [9.17, 15) is 18.0 Å². The van der Waals surface area contributed by atoms with Crippen molar-refractivity contribution in [2.24, 2.45) is 0 Å². The minimum absolute atomic E-state index is 0.0477. The fourth-order valence-corrected chi connectivity index (χ4v) is 4.84. The molecule has 1 saturated heterocycles. The first-order valence-corrected chi connectivity index (χ1v) is 12.0. The van der Waals surface area contributed by atoms with Crippen molar-refractivity contribution in [1.82, 2.24) is 9.62 Å². The Balaban J connectivity index is 1.61. The van der Waals surface area contributed by atoms with Crippen molar-refractivity contribution in [3.05, 3.63) is 64.6 Å². The SMILES string of the molecule is COc1ccc(C=C2SC(=O)N(CCNS(=O)(=O)c3ccc(C(C)C)cc3)C2=O)cc1. The monoisotopic (exact) mass is 460 g/mol. The number of rotatable bonds is 8. The van der Waals surface area contributed by atoms with Crippen molar-refractivity contribution in [2.75, 3.05) is 20.2 Å². The van der Waals surface area contributed by atoms with Gasteiger partial charge in [0.25, 0.3) is 11.1 Å². The summed E-state index contributed by atoms with van der Waals surface area (Å²) in [4.78, 5) is 26.3. The molecule has 0 atom stereocenters. The van der Waals surface area contributed by atoms with E-state index >= 15 is 0 Å². The van der Waals surface area contributed by atoms with Crippen LogP contribution in [0.4, 0.5) is 4.79 Å². The van der Waals surface area contributed by atoms with Gasteiger partial charge in [0.2, 0.25) is 10.0 Å². The lowest BCUT2D eigenvalue weighted by molar-refractivity contribution is -0.122. The number of imide groups is 1. The van der Waals surface area contributed by atoms with Crippen LogP contribution in [0.2, 0.25) is 0 Å². The lowest BCUT2D eigenvalue weighted by atomic mass is 10.0. The van der Waals surface area contributed by atoms with Gasteiger partial charge in [-0.3, -0.25) is 14.5 Å². The molecule has 3 rings (SSSR count). The number of thioether (sulfide) groups is 1. The van der Waals surface area contributed by atoms with Gasteiger partial charge in [0.05, 0.1) is 16.9 Å². The molecule has 2 aromatic rings. The van der Waals surface area contributed by atoms with Gasteiger partial charge in [-0.2, -0.15) is 0 Å². The Morgan fingerprint density at radius 1 is 1.06 bits per heavy atom. The van der Waals surface area contributed by atoms with E-state index in [2.05, 4.69) is 4.72 Å². The molecule has 164 valence electrons. The fraction of sp³-hybridized carbons (Fsp3) is 0.273. The number of sulfonamides is 1. The van der Waals surface area contributed by atoms with E-state index in [0.29, 0.717) is 16.6 Å². The van der Waals surface area contributed by atoms with Gasteiger partial charge >= 0.3 is 0 Å². The van der Waals surface area contributed by atoms with Gasteiger partial charge in [0.1, 0.15) is 5.75 Å². The van der Waals surface area contributed by atoms with Crippen LogP contribution in [-0.2, 0) is 14.8 Å². The minimum Gasteiger partial charge on any atom is -0.497 e. The van der Waals surface area contributed by atoms with Gasteiger partial charge in [-0.1, -0.05) is 38.1 Å². The summed E-state index contributed by atoms with van der Waals surface area (Å²) in [5, 5.41) is -0.426. The molecular weight excluding hydrogens is 436 g/mol. The van der Waals surface area contributed by atoms with Gasteiger partial charge in [0, 0.05) is 13.1 Å². The Kier molecular flexibility index (Phi) is 7.19. The molecule has 0 saturated carbocycles. The number of nitrogens with one attached hydrogen (secondary N) is 1. The normalized spacial score (nSPS) is 15.9. The molecule has 0 spiro atoms. The van der Waals surface area contributed by atoms with Crippen molar-refractivity contribution in [3.8, 4) is 5.75 Å². The van der Waals surface area contributed by atoms with Crippen molar-refractivity contribution in [1.29, 1.82) is 0 Å². The van der Waals surface area contributed by atoms with Gasteiger partial charge in [-0.15, -0.1) is 0 Å². The molecular formula is C22H24N2O5S2. The highest BCUT2D eigenvalue weighted by Crippen LogP contribution is 2.32. The molecule has 1 aliphatic heterocycles. The first kappa shape index (κ1) is 23.1. The van der Waals surface area contributed by atoms with Crippen molar-refractivity contribution < 1.29 is 22.7 Å². The molecule has 0 aromatic heterocycles. The third-order valence-electron chi connectivity index (χ3n) is 4.77. The first-order chi connectivity index (χ1) is 14.7. The average Bonchev–Trinajstić information content (AvgIpc) is 3.01. The summed E-state index contributed by atoms with van der Waals surface area (Å²) >= 11 is 0.835. The van der Waals surface area contributed by atoms with Crippen molar-refractivity contribution in [2.45, 2.75) is 24.7 Å². The van der Waals surface area contributed by atoms with E-state index in [1.165, 1.54) is 0 Å². The summed E-state index contributed by atoms with van der Waals surface area (Å²) in [5.74, 6) is 0.553. The smallest absolute Gasteiger partial charge is 0.293 e.